The van der Waals surface area contributed by atoms with Crippen molar-refractivity contribution in [2.45, 2.75) is 32.9 Å². The quantitative estimate of drug-likeness (QED) is 0.769. The number of amides is 3. The summed E-state index contributed by atoms with van der Waals surface area (Å²) in [6.07, 6.45) is -3.61. The van der Waals surface area contributed by atoms with E-state index in [2.05, 4.69) is 10.6 Å². The van der Waals surface area contributed by atoms with Gasteiger partial charge in [-0.3, -0.25) is 4.79 Å². The Hall–Kier alpha value is -2.32. The average molecular weight is 389 g/mol. The minimum atomic E-state index is -4.79. The molecule has 1 fully saturated rings. The Morgan fingerprint density at radius 2 is 2.00 bits per heavy atom. The van der Waals surface area contributed by atoms with Gasteiger partial charge in [0.2, 0.25) is 5.91 Å². The van der Waals surface area contributed by atoms with Crippen molar-refractivity contribution in [3.05, 3.63) is 29.6 Å². The van der Waals surface area contributed by atoms with Crippen LogP contribution in [0.1, 0.15) is 32.3 Å². The fraction of sp³-hybridized carbons (Fsp3) is 0.556. The molecule has 2 rings (SSSR count). The van der Waals surface area contributed by atoms with Gasteiger partial charge in [-0.15, -0.1) is 0 Å². The predicted molar refractivity (Wildman–Crippen MR) is 92.6 cm³/mol. The first-order valence-corrected chi connectivity index (χ1v) is 8.78. The molecule has 1 aliphatic heterocycles. The van der Waals surface area contributed by atoms with E-state index in [9.17, 15) is 27.2 Å². The lowest BCUT2D eigenvalue weighted by Crippen LogP contribution is -2.48. The zero-order valence-electron chi connectivity index (χ0n) is 15.2. The highest BCUT2D eigenvalue weighted by Crippen LogP contribution is 2.32. The standard InChI is InChI=1S/C18H23F4N3O2/c1-11(2)9-23-17(27)25-7-3-4-12(10-25)16(26)24-13-5-6-14(15(19)8-13)18(20,21)22/h5-6,8,11-12H,3-4,7,9-10H2,1-2H3,(H,23,27)(H,24,26). The second kappa shape index (κ2) is 8.58. The summed E-state index contributed by atoms with van der Waals surface area (Å²) >= 11 is 0. The number of carbonyl (C=O) groups excluding carboxylic acids is 2. The highest BCUT2D eigenvalue weighted by atomic mass is 19.4. The van der Waals surface area contributed by atoms with E-state index in [1.54, 1.807) is 4.90 Å². The van der Waals surface area contributed by atoms with Gasteiger partial charge < -0.3 is 15.5 Å². The van der Waals surface area contributed by atoms with Crippen molar-refractivity contribution in [3.8, 4) is 0 Å². The molecule has 0 aromatic heterocycles. The maximum atomic E-state index is 13.6. The number of hydrogen-bond acceptors (Lipinski definition) is 2. The molecule has 1 aromatic rings. The number of alkyl halides is 3. The predicted octanol–water partition coefficient (Wildman–Crippen LogP) is 3.86. The molecule has 1 aromatic carbocycles. The molecular weight excluding hydrogens is 366 g/mol. The smallest absolute Gasteiger partial charge is 0.338 e. The van der Waals surface area contributed by atoms with Gasteiger partial charge >= 0.3 is 12.2 Å². The Morgan fingerprint density at radius 3 is 2.59 bits per heavy atom. The molecule has 0 bridgehead atoms. The molecule has 2 N–H and O–H groups in total. The summed E-state index contributed by atoms with van der Waals surface area (Å²) in [4.78, 5) is 26.1. The number of urea groups is 1. The number of rotatable bonds is 4. The molecule has 9 heteroatoms. The lowest BCUT2D eigenvalue weighted by Gasteiger charge is -2.32. The highest BCUT2D eigenvalue weighted by molar-refractivity contribution is 5.93. The summed E-state index contributed by atoms with van der Waals surface area (Å²) in [7, 11) is 0. The molecule has 1 saturated heterocycles. The molecule has 1 aliphatic rings. The second-order valence-electron chi connectivity index (χ2n) is 7.05. The maximum Gasteiger partial charge on any atom is 0.419 e. The zero-order chi connectivity index (χ0) is 20.2. The minimum Gasteiger partial charge on any atom is -0.338 e. The SMILES string of the molecule is CC(C)CNC(=O)N1CCCC(C(=O)Nc2ccc(C(F)(F)F)c(F)c2)C1. The Balaban J connectivity index is 1.97. The molecule has 1 atom stereocenters. The highest BCUT2D eigenvalue weighted by Gasteiger charge is 2.34. The van der Waals surface area contributed by atoms with Crippen LogP contribution in [0.2, 0.25) is 0 Å². The third-order valence-electron chi connectivity index (χ3n) is 4.28. The van der Waals surface area contributed by atoms with E-state index < -0.39 is 29.4 Å². The molecule has 3 amide bonds. The molecule has 0 aliphatic carbocycles. The van der Waals surface area contributed by atoms with E-state index in [-0.39, 0.29) is 18.3 Å². The normalized spacial score (nSPS) is 17.7. The number of benzene rings is 1. The Labute approximate surface area is 155 Å². The number of piperidine rings is 1. The topological polar surface area (TPSA) is 61.4 Å². The lowest BCUT2D eigenvalue weighted by molar-refractivity contribution is -0.140. The van der Waals surface area contributed by atoms with Crippen molar-refractivity contribution < 1.29 is 27.2 Å². The summed E-state index contributed by atoms with van der Waals surface area (Å²) in [6, 6.07) is 2.01. The number of nitrogens with zero attached hydrogens (tertiary/aromatic N) is 1. The Morgan fingerprint density at radius 1 is 1.30 bits per heavy atom. The maximum absolute atomic E-state index is 13.6. The summed E-state index contributed by atoms with van der Waals surface area (Å²) < 4.78 is 51.4. The Bertz CT molecular complexity index is 692. The third kappa shape index (κ3) is 5.83. The van der Waals surface area contributed by atoms with Crippen LogP contribution in [0.3, 0.4) is 0 Å². The van der Waals surface area contributed by atoms with Crippen LogP contribution in [0.15, 0.2) is 18.2 Å². The van der Waals surface area contributed by atoms with E-state index in [4.69, 9.17) is 0 Å². The van der Waals surface area contributed by atoms with Crippen molar-refractivity contribution in [3.63, 3.8) is 0 Å². The fourth-order valence-electron chi connectivity index (χ4n) is 2.85. The first kappa shape index (κ1) is 21.0. The van der Waals surface area contributed by atoms with Gasteiger partial charge in [0.25, 0.3) is 0 Å². The summed E-state index contributed by atoms with van der Waals surface area (Å²) in [5, 5.41) is 5.22. The first-order valence-electron chi connectivity index (χ1n) is 8.78. The number of halogens is 4. The van der Waals surface area contributed by atoms with Crippen LogP contribution in [-0.2, 0) is 11.0 Å². The summed E-state index contributed by atoms with van der Waals surface area (Å²) in [6.45, 7) is 5.20. The van der Waals surface area contributed by atoms with E-state index >= 15 is 0 Å². The largest absolute Gasteiger partial charge is 0.419 e. The van der Waals surface area contributed by atoms with E-state index in [1.165, 1.54) is 0 Å². The average Bonchev–Trinajstić information content (AvgIpc) is 2.58. The van der Waals surface area contributed by atoms with Crippen LogP contribution in [0, 0.1) is 17.7 Å². The summed E-state index contributed by atoms with van der Waals surface area (Å²) in [5.41, 5.74) is -1.43. The van der Waals surface area contributed by atoms with Gasteiger partial charge in [0.15, 0.2) is 0 Å². The van der Waals surface area contributed by atoms with Crippen molar-refractivity contribution in [1.29, 1.82) is 0 Å². The van der Waals surface area contributed by atoms with E-state index in [0.29, 0.717) is 44.0 Å². The van der Waals surface area contributed by atoms with Crippen molar-refractivity contribution in [2.24, 2.45) is 11.8 Å². The Kier molecular flexibility index (Phi) is 6.67. The van der Waals surface area contributed by atoms with Crippen LogP contribution in [0.5, 0.6) is 0 Å². The van der Waals surface area contributed by atoms with Crippen LogP contribution >= 0.6 is 0 Å². The number of likely N-dealkylation sites (tertiary alicyclic amines) is 1. The van der Waals surface area contributed by atoms with Crippen LogP contribution in [0.25, 0.3) is 0 Å². The molecule has 150 valence electrons. The molecule has 1 unspecified atom stereocenters. The van der Waals surface area contributed by atoms with Crippen LogP contribution in [0.4, 0.5) is 28.0 Å². The molecule has 1 heterocycles. The minimum absolute atomic E-state index is 0.0492. The number of hydrogen-bond donors (Lipinski definition) is 2. The van der Waals surface area contributed by atoms with E-state index in [1.807, 2.05) is 13.8 Å². The van der Waals surface area contributed by atoms with Gasteiger partial charge in [-0.1, -0.05) is 13.8 Å². The van der Waals surface area contributed by atoms with Crippen LogP contribution in [-0.4, -0.2) is 36.5 Å². The molecule has 0 radical (unpaired) electrons. The lowest BCUT2D eigenvalue weighted by atomic mass is 9.97. The molecule has 0 spiro atoms. The first-order chi connectivity index (χ1) is 12.6. The van der Waals surface area contributed by atoms with Crippen molar-refractivity contribution >= 4 is 17.6 Å². The number of carbonyl (C=O) groups is 2. The zero-order valence-corrected chi connectivity index (χ0v) is 15.2. The molecule has 0 saturated carbocycles. The van der Waals surface area contributed by atoms with Crippen molar-refractivity contribution in [2.75, 3.05) is 25.0 Å². The molecular formula is C18H23F4N3O2. The second-order valence-corrected chi connectivity index (χ2v) is 7.05. The summed E-state index contributed by atoms with van der Waals surface area (Å²) in [5.74, 6) is -2.10. The van der Waals surface area contributed by atoms with Gasteiger partial charge in [-0.25, -0.2) is 9.18 Å². The van der Waals surface area contributed by atoms with Crippen molar-refractivity contribution in [1.82, 2.24) is 10.2 Å². The molecule has 27 heavy (non-hydrogen) atoms. The number of nitrogens with one attached hydrogen (secondary N) is 2. The fourth-order valence-corrected chi connectivity index (χ4v) is 2.85. The van der Waals surface area contributed by atoms with Gasteiger partial charge in [-0.05, 0) is 37.0 Å². The van der Waals surface area contributed by atoms with E-state index in [0.717, 1.165) is 6.07 Å². The van der Waals surface area contributed by atoms with Gasteiger partial charge in [0.05, 0.1) is 11.5 Å². The van der Waals surface area contributed by atoms with Gasteiger partial charge in [0.1, 0.15) is 5.82 Å². The monoisotopic (exact) mass is 389 g/mol. The third-order valence-corrected chi connectivity index (χ3v) is 4.28. The van der Waals surface area contributed by atoms with Gasteiger partial charge in [-0.2, -0.15) is 13.2 Å². The van der Waals surface area contributed by atoms with Gasteiger partial charge in [0, 0.05) is 25.3 Å². The number of anilines is 1. The van der Waals surface area contributed by atoms with Crippen LogP contribution < -0.4 is 10.6 Å². The molecule has 5 nitrogen and oxygen atoms in total.